The van der Waals surface area contributed by atoms with E-state index in [-0.39, 0.29) is 29.7 Å². The molecular formula is C30H33N3O9. The number of primary amides is 1. The van der Waals surface area contributed by atoms with Crippen LogP contribution in [0.15, 0.2) is 45.6 Å². The summed E-state index contributed by atoms with van der Waals surface area (Å²) in [4.78, 5) is 43.1. The Bertz CT molecular complexity index is 1570. The Balaban J connectivity index is 1.44. The number of carbonyl (C=O) groups excluding carboxylic acids is 3. The molecule has 1 aromatic carbocycles. The maximum absolute atomic E-state index is 14.0. The molecule has 0 unspecified atom stereocenters. The maximum atomic E-state index is 14.0. The monoisotopic (exact) mass is 579 g/mol. The number of fused-ring (bicyclic) bond motifs is 3. The number of likely N-dealkylation sites (N-methyl/N-ethyl adjacent to an activating group) is 1. The number of phenolic OH excluding ortho intramolecular Hbond substituents is 1. The van der Waals surface area contributed by atoms with Crippen LogP contribution in [0.1, 0.15) is 23.3 Å². The fourth-order valence-electron chi connectivity index (χ4n) is 7.06. The van der Waals surface area contributed by atoms with Gasteiger partial charge in [-0.25, -0.2) is 0 Å². The molecule has 2 fully saturated rings. The van der Waals surface area contributed by atoms with Gasteiger partial charge in [-0.15, -0.1) is 0 Å². The fourth-order valence-corrected chi connectivity index (χ4v) is 7.06. The van der Waals surface area contributed by atoms with Crippen molar-refractivity contribution in [1.82, 2.24) is 9.80 Å². The van der Waals surface area contributed by atoms with Gasteiger partial charge in [0.05, 0.1) is 31.4 Å². The van der Waals surface area contributed by atoms with Crippen LogP contribution in [-0.2, 0) is 32.1 Å². The number of aliphatic hydroxyl groups excluding tert-OH is 2. The molecule has 0 spiro atoms. The number of carbonyl (C=O) groups is 3. The molecular weight excluding hydrogens is 546 g/mol. The van der Waals surface area contributed by atoms with E-state index < -0.39 is 58.0 Å². The van der Waals surface area contributed by atoms with Crippen molar-refractivity contribution in [3.05, 3.63) is 58.1 Å². The minimum atomic E-state index is -2.67. The lowest BCUT2D eigenvalue weighted by Gasteiger charge is -2.50. The standard InChI is InChI=1S/C30H33N3O9/c1-32(2)24-18-12-14-11-17-16(20-6-3-15(42-20)13-33-7-9-41-10-8-33)4-5-19(34)22(17)25(35)21(14)27(37)30(18,40)28(38)23(26(24)36)29(31)39/h3-6,14,18,24,34-35,38,40H,7-13H2,1-2H3,(H2,31,39)/t14-,18-,24-,30-/m1/s1. The number of rotatable bonds is 5. The number of hydrogen-bond donors (Lipinski definition) is 5. The van der Waals surface area contributed by atoms with Crippen LogP contribution in [0.25, 0.3) is 17.1 Å². The highest BCUT2D eigenvalue weighted by Crippen LogP contribution is 2.53. The summed E-state index contributed by atoms with van der Waals surface area (Å²) in [5.41, 5.74) is 2.86. The van der Waals surface area contributed by atoms with Crippen LogP contribution in [0, 0.1) is 11.8 Å². The molecule has 42 heavy (non-hydrogen) atoms. The van der Waals surface area contributed by atoms with Crippen molar-refractivity contribution in [2.45, 2.75) is 31.0 Å². The highest BCUT2D eigenvalue weighted by Gasteiger charge is 2.64. The van der Waals surface area contributed by atoms with Gasteiger partial charge in [-0.1, -0.05) is 0 Å². The number of ketones is 2. The smallest absolute Gasteiger partial charge is 0.255 e. The number of nitrogens with two attached hydrogens (primary N) is 1. The van der Waals surface area contributed by atoms with Gasteiger partial charge in [0.1, 0.15) is 34.4 Å². The average molecular weight is 580 g/mol. The average Bonchev–Trinajstić information content (AvgIpc) is 3.39. The number of aliphatic hydroxyl groups is 3. The van der Waals surface area contributed by atoms with Crippen LogP contribution in [0.3, 0.4) is 0 Å². The molecule has 6 N–H and O–H groups in total. The van der Waals surface area contributed by atoms with E-state index in [9.17, 15) is 34.8 Å². The molecule has 3 aliphatic carbocycles. The normalized spacial score (nSPS) is 28.1. The van der Waals surface area contributed by atoms with Gasteiger partial charge in [0.2, 0.25) is 5.78 Å². The van der Waals surface area contributed by atoms with E-state index in [4.69, 9.17) is 14.9 Å². The van der Waals surface area contributed by atoms with Crippen LogP contribution < -0.4 is 5.73 Å². The van der Waals surface area contributed by atoms with Gasteiger partial charge in [-0.3, -0.25) is 24.2 Å². The van der Waals surface area contributed by atoms with Crippen LogP contribution in [0.4, 0.5) is 0 Å². The second kappa shape index (κ2) is 10.1. The molecule has 0 radical (unpaired) electrons. The Morgan fingerprint density at radius 1 is 1.12 bits per heavy atom. The van der Waals surface area contributed by atoms with Gasteiger partial charge in [0, 0.05) is 30.1 Å². The predicted octanol–water partition coefficient (Wildman–Crippen LogP) is 1.06. The van der Waals surface area contributed by atoms with Gasteiger partial charge in [0.15, 0.2) is 11.4 Å². The van der Waals surface area contributed by atoms with Crippen LogP contribution in [0.2, 0.25) is 0 Å². The van der Waals surface area contributed by atoms with Crippen LogP contribution in [-0.4, -0.2) is 99.7 Å². The number of amides is 1. The molecule has 1 saturated heterocycles. The van der Waals surface area contributed by atoms with Crippen molar-refractivity contribution in [3.63, 3.8) is 0 Å². The summed E-state index contributed by atoms with van der Waals surface area (Å²) >= 11 is 0. The largest absolute Gasteiger partial charge is 0.508 e. The van der Waals surface area contributed by atoms with Crippen molar-refractivity contribution in [2.24, 2.45) is 17.6 Å². The van der Waals surface area contributed by atoms with Gasteiger partial charge < -0.3 is 35.3 Å². The van der Waals surface area contributed by atoms with Crippen LogP contribution in [0.5, 0.6) is 5.75 Å². The first-order chi connectivity index (χ1) is 19.9. The lowest BCUT2D eigenvalue weighted by molar-refractivity contribution is -0.153. The van der Waals surface area contributed by atoms with Crippen molar-refractivity contribution >= 4 is 23.2 Å². The fraction of sp³-hybridized carbons (Fsp3) is 0.433. The lowest BCUT2D eigenvalue weighted by Crippen LogP contribution is -2.65. The second-order valence-corrected chi connectivity index (χ2v) is 11.6. The molecule has 222 valence electrons. The first-order valence-corrected chi connectivity index (χ1v) is 13.8. The molecule has 1 saturated carbocycles. The van der Waals surface area contributed by atoms with E-state index in [2.05, 4.69) is 4.90 Å². The van der Waals surface area contributed by atoms with Crippen molar-refractivity contribution in [2.75, 3.05) is 40.4 Å². The number of furan rings is 1. The molecule has 12 nitrogen and oxygen atoms in total. The number of morpholine rings is 1. The van der Waals surface area contributed by atoms with E-state index >= 15 is 0 Å². The topological polar surface area (TPSA) is 187 Å². The number of hydrogen-bond acceptors (Lipinski definition) is 11. The number of nitrogens with zero attached hydrogens (tertiary/aromatic N) is 2. The Morgan fingerprint density at radius 3 is 2.50 bits per heavy atom. The quantitative estimate of drug-likeness (QED) is 0.319. The highest BCUT2D eigenvalue weighted by molar-refractivity contribution is 6.24. The summed E-state index contributed by atoms with van der Waals surface area (Å²) in [6.45, 7) is 3.48. The Hall–Kier alpha value is -3.97. The maximum Gasteiger partial charge on any atom is 0.255 e. The zero-order chi connectivity index (χ0) is 30.1. The second-order valence-electron chi connectivity index (χ2n) is 11.6. The molecule has 1 amide bonds. The van der Waals surface area contributed by atoms with Crippen LogP contribution >= 0.6 is 0 Å². The third-order valence-electron chi connectivity index (χ3n) is 9.01. The number of benzene rings is 1. The summed E-state index contributed by atoms with van der Waals surface area (Å²) in [6.07, 6.45) is 0.194. The molecule has 6 rings (SSSR count). The van der Waals surface area contributed by atoms with E-state index in [1.807, 2.05) is 12.1 Å². The molecule has 4 aliphatic rings. The summed E-state index contributed by atoms with van der Waals surface area (Å²) in [5.74, 6) is -5.57. The Labute approximate surface area is 241 Å². The van der Waals surface area contributed by atoms with Gasteiger partial charge in [0.25, 0.3) is 5.91 Å². The first-order valence-electron chi connectivity index (χ1n) is 13.8. The molecule has 4 atom stereocenters. The van der Waals surface area contributed by atoms with E-state index in [0.717, 1.165) is 18.8 Å². The molecule has 0 bridgehead atoms. The first kappa shape index (κ1) is 28.2. The van der Waals surface area contributed by atoms with E-state index in [0.29, 0.717) is 36.6 Å². The van der Waals surface area contributed by atoms with Crippen molar-refractivity contribution < 1.29 is 44.0 Å². The predicted molar refractivity (Wildman–Crippen MR) is 148 cm³/mol. The SMILES string of the molecule is CN(C)[C@H]1C(=O)C(C(N)=O)=C(O)[C@]2(O)C(=O)C3=C(O)c4c(O)ccc(-c5ccc(CN6CCOCC6)o5)c4C[C@@H]3C[C@H]12. The minimum Gasteiger partial charge on any atom is -0.508 e. The van der Waals surface area contributed by atoms with Gasteiger partial charge >= 0.3 is 0 Å². The van der Waals surface area contributed by atoms with E-state index in [1.54, 1.807) is 20.2 Å². The molecule has 2 heterocycles. The summed E-state index contributed by atoms with van der Waals surface area (Å²) in [5, 5.41) is 45.0. The summed E-state index contributed by atoms with van der Waals surface area (Å²) in [6, 6.07) is 5.63. The zero-order valence-electron chi connectivity index (χ0n) is 23.3. The highest BCUT2D eigenvalue weighted by atomic mass is 16.5. The Morgan fingerprint density at radius 2 is 1.83 bits per heavy atom. The third-order valence-corrected chi connectivity index (χ3v) is 9.01. The number of aromatic hydroxyl groups is 1. The van der Waals surface area contributed by atoms with Gasteiger partial charge in [-0.05, 0) is 62.7 Å². The lowest BCUT2D eigenvalue weighted by atomic mass is 9.57. The molecule has 2 aromatic rings. The third kappa shape index (κ3) is 4.09. The van der Waals surface area contributed by atoms with Gasteiger partial charge in [-0.2, -0.15) is 0 Å². The number of ether oxygens (including phenoxy) is 1. The summed E-state index contributed by atoms with van der Waals surface area (Å²) in [7, 11) is 3.13. The Kier molecular flexibility index (Phi) is 6.76. The van der Waals surface area contributed by atoms with Crippen molar-refractivity contribution in [1.29, 1.82) is 0 Å². The van der Waals surface area contributed by atoms with Crippen molar-refractivity contribution in [3.8, 4) is 17.1 Å². The molecule has 1 aliphatic heterocycles. The number of phenols is 1. The molecule has 1 aromatic heterocycles. The minimum absolute atomic E-state index is 0.0152. The molecule has 12 heteroatoms. The van der Waals surface area contributed by atoms with E-state index in [1.165, 1.54) is 11.0 Å². The zero-order valence-corrected chi connectivity index (χ0v) is 23.3. The number of Topliss-reactive ketones (excluding diaryl/α,β-unsaturated/α-hetero) is 2. The summed E-state index contributed by atoms with van der Waals surface area (Å²) < 4.78 is 11.6.